The summed E-state index contributed by atoms with van der Waals surface area (Å²) in [6.07, 6.45) is 1.95. The summed E-state index contributed by atoms with van der Waals surface area (Å²) in [4.78, 5) is 14.0. The summed E-state index contributed by atoms with van der Waals surface area (Å²) < 4.78 is 5.61. The summed E-state index contributed by atoms with van der Waals surface area (Å²) in [5, 5.41) is 3.10. The number of carbonyl (C=O) groups excluding carboxylic acids is 1. The van der Waals surface area contributed by atoms with E-state index in [4.69, 9.17) is 4.74 Å². The lowest BCUT2D eigenvalue weighted by Crippen LogP contribution is -2.36. The lowest BCUT2D eigenvalue weighted by atomic mass is 10.2. The first-order valence-electron chi connectivity index (χ1n) is 7.35. The summed E-state index contributed by atoms with van der Waals surface area (Å²) >= 11 is 0. The molecule has 1 N–H and O–H groups in total. The van der Waals surface area contributed by atoms with Crippen molar-refractivity contribution in [2.75, 3.05) is 26.7 Å². The molecule has 0 spiro atoms. The lowest BCUT2D eigenvalue weighted by molar-refractivity contribution is -0.133. The van der Waals surface area contributed by atoms with Crippen molar-refractivity contribution in [2.24, 2.45) is 0 Å². The van der Waals surface area contributed by atoms with Gasteiger partial charge >= 0.3 is 0 Å². The normalized spacial score (nSPS) is 10.3. The van der Waals surface area contributed by atoms with Crippen molar-refractivity contribution in [1.82, 2.24) is 10.2 Å². The van der Waals surface area contributed by atoms with E-state index in [0.717, 1.165) is 43.8 Å². The van der Waals surface area contributed by atoms with Gasteiger partial charge in [-0.25, -0.2) is 0 Å². The van der Waals surface area contributed by atoms with Crippen LogP contribution in [0.2, 0.25) is 0 Å². The van der Waals surface area contributed by atoms with Crippen molar-refractivity contribution < 1.29 is 9.53 Å². The van der Waals surface area contributed by atoms with Gasteiger partial charge in [0.25, 0.3) is 5.91 Å². The zero-order valence-electron chi connectivity index (χ0n) is 12.8. The third-order valence-electron chi connectivity index (χ3n) is 2.98. The predicted molar refractivity (Wildman–Crippen MR) is 81.9 cm³/mol. The molecule has 1 rings (SSSR count). The van der Waals surface area contributed by atoms with E-state index >= 15 is 0 Å². The number of rotatable bonds is 9. The summed E-state index contributed by atoms with van der Waals surface area (Å²) in [5.74, 6) is 0.812. The molecular formula is C16H26N2O2. The van der Waals surface area contributed by atoms with Gasteiger partial charge in [-0.05, 0) is 37.6 Å². The number of nitrogens with zero attached hydrogens (tertiary/aromatic N) is 1. The molecular weight excluding hydrogens is 252 g/mol. The molecule has 0 saturated heterocycles. The van der Waals surface area contributed by atoms with Crippen LogP contribution in [0.15, 0.2) is 24.3 Å². The molecule has 0 heterocycles. The van der Waals surface area contributed by atoms with E-state index in [0.29, 0.717) is 0 Å². The van der Waals surface area contributed by atoms with Crippen molar-refractivity contribution in [2.45, 2.75) is 33.2 Å². The number of ether oxygens (including phenoxy) is 1. The summed E-state index contributed by atoms with van der Waals surface area (Å²) in [7, 11) is 1.91. The van der Waals surface area contributed by atoms with E-state index < -0.39 is 0 Å². The van der Waals surface area contributed by atoms with Gasteiger partial charge in [-0.3, -0.25) is 4.79 Å². The van der Waals surface area contributed by atoms with Gasteiger partial charge in [0.05, 0.1) is 0 Å². The van der Waals surface area contributed by atoms with E-state index in [2.05, 4.69) is 19.2 Å². The van der Waals surface area contributed by atoms with Gasteiger partial charge in [0.2, 0.25) is 0 Å². The number of nitrogens with one attached hydrogen (secondary N) is 1. The van der Waals surface area contributed by atoms with Crippen LogP contribution in [0.4, 0.5) is 0 Å². The molecule has 0 saturated carbocycles. The van der Waals surface area contributed by atoms with E-state index in [-0.39, 0.29) is 12.5 Å². The second-order valence-corrected chi connectivity index (χ2v) is 4.85. The Bertz CT molecular complexity index is 401. The smallest absolute Gasteiger partial charge is 0.260 e. The molecule has 0 atom stereocenters. The van der Waals surface area contributed by atoms with Gasteiger partial charge in [-0.2, -0.15) is 0 Å². The molecule has 0 aliphatic heterocycles. The molecule has 0 aliphatic rings. The van der Waals surface area contributed by atoms with Gasteiger partial charge in [-0.1, -0.05) is 26.0 Å². The van der Waals surface area contributed by atoms with Crippen molar-refractivity contribution in [3.63, 3.8) is 0 Å². The van der Waals surface area contributed by atoms with Gasteiger partial charge in [0.15, 0.2) is 6.61 Å². The number of carbonyl (C=O) groups is 1. The molecule has 0 fully saturated rings. The minimum atomic E-state index is 0.0627. The Morgan fingerprint density at radius 1 is 1.25 bits per heavy atom. The van der Waals surface area contributed by atoms with Crippen LogP contribution in [0.1, 0.15) is 32.3 Å². The van der Waals surface area contributed by atoms with E-state index in [1.165, 1.54) is 0 Å². The standard InChI is InChI=1S/C16H26N2O2/c1-4-9-18(10-5-2)16(19)13-20-15-8-6-7-14(11-15)12-17-3/h6-8,11,17H,4-5,9-10,12-13H2,1-3H3. The fourth-order valence-corrected chi connectivity index (χ4v) is 2.09. The third-order valence-corrected chi connectivity index (χ3v) is 2.98. The van der Waals surface area contributed by atoms with Gasteiger partial charge < -0.3 is 15.0 Å². The van der Waals surface area contributed by atoms with Crippen LogP contribution < -0.4 is 10.1 Å². The Balaban J connectivity index is 2.52. The minimum absolute atomic E-state index is 0.0627. The Morgan fingerprint density at radius 3 is 2.55 bits per heavy atom. The second kappa shape index (κ2) is 9.37. The molecule has 1 aromatic carbocycles. The van der Waals surface area contributed by atoms with Crippen molar-refractivity contribution in [3.8, 4) is 5.75 Å². The zero-order chi connectivity index (χ0) is 14.8. The van der Waals surface area contributed by atoms with Crippen LogP contribution in [0.5, 0.6) is 5.75 Å². The zero-order valence-corrected chi connectivity index (χ0v) is 12.8. The molecule has 0 bridgehead atoms. The minimum Gasteiger partial charge on any atom is -0.484 e. The average Bonchev–Trinajstić information content (AvgIpc) is 2.45. The second-order valence-electron chi connectivity index (χ2n) is 4.85. The molecule has 1 amide bonds. The maximum Gasteiger partial charge on any atom is 0.260 e. The highest BCUT2D eigenvalue weighted by Crippen LogP contribution is 2.13. The monoisotopic (exact) mass is 278 g/mol. The van der Waals surface area contributed by atoms with E-state index in [9.17, 15) is 4.79 Å². The highest BCUT2D eigenvalue weighted by Gasteiger charge is 2.12. The fourth-order valence-electron chi connectivity index (χ4n) is 2.09. The van der Waals surface area contributed by atoms with Gasteiger partial charge in [0, 0.05) is 19.6 Å². The maximum atomic E-state index is 12.1. The van der Waals surface area contributed by atoms with E-state index in [1.54, 1.807) is 0 Å². The maximum absolute atomic E-state index is 12.1. The first-order chi connectivity index (χ1) is 9.71. The highest BCUT2D eigenvalue weighted by molar-refractivity contribution is 5.77. The molecule has 4 heteroatoms. The van der Waals surface area contributed by atoms with Crippen LogP contribution in [-0.4, -0.2) is 37.6 Å². The summed E-state index contributed by atoms with van der Waals surface area (Å²) in [5.41, 5.74) is 1.15. The van der Waals surface area contributed by atoms with Gasteiger partial charge in [0.1, 0.15) is 5.75 Å². The number of hydrogen-bond donors (Lipinski definition) is 1. The molecule has 0 aliphatic carbocycles. The number of amides is 1. The molecule has 0 radical (unpaired) electrons. The van der Waals surface area contributed by atoms with Crippen LogP contribution in [0.3, 0.4) is 0 Å². The van der Waals surface area contributed by atoms with Crippen LogP contribution in [-0.2, 0) is 11.3 Å². The fraction of sp³-hybridized carbons (Fsp3) is 0.562. The molecule has 0 unspecified atom stereocenters. The van der Waals surface area contributed by atoms with Crippen LogP contribution >= 0.6 is 0 Å². The van der Waals surface area contributed by atoms with E-state index in [1.807, 2.05) is 36.2 Å². The van der Waals surface area contributed by atoms with Crippen molar-refractivity contribution >= 4 is 5.91 Å². The molecule has 112 valence electrons. The first-order valence-corrected chi connectivity index (χ1v) is 7.35. The van der Waals surface area contributed by atoms with Gasteiger partial charge in [-0.15, -0.1) is 0 Å². The lowest BCUT2D eigenvalue weighted by Gasteiger charge is -2.21. The SMILES string of the molecule is CCCN(CCC)C(=O)COc1cccc(CNC)c1. The quantitative estimate of drug-likeness (QED) is 0.754. The Hall–Kier alpha value is -1.55. The molecule has 20 heavy (non-hydrogen) atoms. The Labute approximate surface area is 122 Å². The summed E-state index contributed by atoms with van der Waals surface area (Å²) in [6.45, 7) is 6.67. The Morgan fingerprint density at radius 2 is 1.95 bits per heavy atom. The largest absolute Gasteiger partial charge is 0.484 e. The number of hydrogen-bond acceptors (Lipinski definition) is 3. The molecule has 0 aromatic heterocycles. The van der Waals surface area contributed by atoms with Crippen molar-refractivity contribution in [3.05, 3.63) is 29.8 Å². The summed E-state index contributed by atoms with van der Waals surface area (Å²) in [6, 6.07) is 7.83. The first kappa shape index (κ1) is 16.5. The van der Waals surface area contributed by atoms with Crippen molar-refractivity contribution in [1.29, 1.82) is 0 Å². The highest BCUT2D eigenvalue weighted by atomic mass is 16.5. The van der Waals surface area contributed by atoms with Crippen LogP contribution in [0.25, 0.3) is 0 Å². The Kier molecular flexibility index (Phi) is 7.73. The third kappa shape index (κ3) is 5.61. The average molecular weight is 278 g/mol. The molecule has 1 aromatic rings. The van der Waals surface area contributed by atoms with Crippen LogP contribution in [0, 0.1) is 0 Å². The predicted octanol–water partition coefficient (Wildman–Crippen LogP) is 2.43. The molecule has 4 nitrogen and oxygen atoms in total. The number of benzene rings is 1. The topological polar surface area (TPSA) is 41.6 Å².